The Bertz CT molecular complexity index is 359. The first kappa shape index (κ1) is 8.66. The number of aromatic nitrogens is 3. The predicted molar refractivity (Wildman–Crippen MR) is 47.0 cm³/mol. The molecule has 0 aromatic carbocycles. The molecule has 1 heterocycles. The minimum Gasteiger partial charge on any atom is -0.323 e. The smallest absolute Gasteiger partial charge is 0.323 e. The Morgan fingerprint density at radius 2 is 2.18 bits per heavy atom. The molecule has 0 saturated heterocycles. The monoisotopic (exact) mass is 185 g/mol. The molecular weight excluding hydrogens is 177 g/mol. The number of rotatable bonds is 0. The van der Waals surface area contributed by atoms with Gasteiger partial charge in [0.25, 0.3) is 0 Å². The second kappa shape index (κ2) is 2.89. The highest BCUT2D eigenvalue weighted by Crippen LogP contribution is 1.89. The molecule has 58 valence electrons. The minimum atomic E-state index is -0.132. The van der Waals surface area contributed by atoms with Gasteiger partial charge in [0.1, 0.15) is 4.64 Å². The van der Waals surface area contributed by atoms with Crippen LogP contribution in [0.2, 0.25) is 0 Å². The highest BCUT2D eigenvalue weighted by atomic mass is 32.1. The van der Waals surface area contributed by atoms with Gasteiger partial charge in [-0.1, -0.05) is 12.2 Å². The molecule has 0 saturated carbocycles. The molecule has 11 heavy (non-hydrogen) atoms. The van der Waals surface area contributed by atoms with Crippen molar-refractivity contribution in [2.75, 3.05) is 0 Å². The quantitative estimate of drug-likeness (QED) is 0.385. The molecule has 0 unspecified atom stereocenters. The summed E-state index contributed by atoms with van der Waals surface area (Å²) in [4.78, 5) is 11.2. The molecule has 0 spiro atoms. The predicted octanol–water partition coefficient (Wildman–Crippen LogP) is -0.984. The highest BCUT2D eigenvalue weighted by Gasteiger charge is 1.98. The fourth-order valence-corrected chi connectivity index (χ4v) is 1.58. The fourth-order valence-electron chi connectivity index (χ4n) is 0.857. The van der Waals surface area contributed by atoms with E-state index in [-0.39, 0.29) is 5.69 Å². The van der Waals surface area contributed by atoms with E-state index >= 15 is 0 Å². The molecule has 1 aromatic heterocycles. The largest absolute Gasteiger partial charge is 0.406 e. The third-order valence-corrected chi connectivity index (χ3v) is 2.63. The normalized spacial score (nSPS) is 10.0. The topological polar surface area (TPSA) is 39.8 Å². The maximum atomic E-state index is 11.2. The van der Waals surface area contributed by atoms with Crippen LogP contribution in [0, 0.1) is 11.6 Å². The molecule has 0 bridgehead atoms. The van der Waals surface area contributed by atoms with Crippen LogP contribution in [-0.2, 0) is 7.05 Å². The Balaban J connectivity index is 3.74. The third-order valence-electron chi connectivity index (χ3n) is 1.48. The van der Waals surface area contributed by atoms with E-state index in [1.165, 1.54) is 8.23 Å². The molecule has 4 nitrogen and oxygen atoms in total. The van der Waals surface area contributed by atoms with Crippen LogP contribution in [0.25, 0.3) is 0 Å². The van der Waals surface area contributed by atoms with E-state index in [2.05, 4.69) is 5.10 Å². The number of hydrogen-bond donors (Lipinski definition) is 0. The molecule has 0 atom stereocenters. The van der Waals surface area contributed by atoms with Gasteiger partial charge in [-0.25, -0.2) is 4.79 Å². The summed E-state index contributed by atoms with van der Waals surface area (Å²) < 4.78 is 3.36. The molecule has 0 amide bonds. The van der Waals surface area contributed by atoms with Gasteiger partial charge in [0.15, 0.2) is 0 Å². The zero-order valence-corrected chi connectivity index (χ0v) is 9.47. The van der Waals surface area contributed by atoms with Gasteiger partial charge in [-0.3, -0.25) is 4.57 Å². The van der Waals surface area contributed by atoms with Crippen LogP contribution in [0.15, 0.2) is 4.79 Å². The lowest BCUT2D eigenvalue weighted by Gasteiger charge is -2.03. The van der Waals surface area contributed by atoms with Crippen LogP contribution in [-0.4, -0.2) is 29.8 Å². The molecule has 0 aliphatic carbocycles. The summed E-state index contributed by atoms with van der Waals surface area (Å²) in [5, 5.41) is 3.97. The first-order chi connectivity index (χ1) is 5.04. The van der Waals surface area contributed by atoms with E-state index < -0.39 is 0 Å². The Morgan fingerprint density at radius 1 is 1.64 bits per heavy atom. The molecule has 1 rings (SSSR count). The SMILES string of the molecule is Cc1n[n]([AlH2])c(=O)n(C)c1=S. The van der Waals surface area contributed by atoms with Gasteiger partial charge in [-0.05, 0) is 6.92 Å². The fraction of sp³-hybridized carbons (Fsp3) is 0.400. The Hall–Kier alpha value is -0.438. The second-order valence-corrected chi connectivity index (χ2v) is 3.59. The summed E-state index contributed by atoms with van der Waals surface area (Å²) >= 11 is 5.54. The van der Waals surface area contributed by atoms with E-state index in [0.717, 1.165) is 5.69 Å². The Labute approximate surface area is 77.1 Å². The van der Waals surface area contributed by atoms with Crippen molar-refractivity contribution >= 4 is 28.7 Å². The first-order valence-corrected chi connectivity index (χ1v) is 4.45. The zero-order valence-electron chi connectivity index (χ0n) is 6.66. The molecule has 0 radical (unpaired) electrons. The van der Waals surface area contributed by atoms with Crippen molar-refractivity contribution in [1.82, 2.24) is 13.3 Å². The average molecular weight is 185 g/mol. The first-order valence-electron chi connectivity index (χ1n) is 3.15. The molecule has 1 aromatic rings. The van der Waals surface area contributed by atoms with Crippen molar-refractivity contribution in [2.24, 2.45) is 7.05 Å². The molecular formula is C5H8AlN3OS. The summed E-state index contributed by atoms with van der Waals surface area (Å²) in [6.45, 7) is 1.80. The Morgan fingerprint density at radius 3 is 2.73 bits per heavy atom. The van der Waals surface area contributed by atoms with Crippen LogP contribution in [0.1, 0.15) is 5.69 Å². The van der Waals surface area contributed by atoms with Gasteiger partial charge in [-0.2, -0.15) is 5.10 Å². The van der Waals surface area contributed by atoms with Crippen LogP contribution in [0.4, 0.5) is 0 Å². The van der Waals surface area contributed by atoms with Gasteiger partial charge < -0.3 is 3.67 Å². The lowest BCUT2D eigenvalue weighted by atomic mass is 10.5. The van der Waals surface area contributed by atoms with Gasteiger partial charge >= 0.3 is 22.2 Å². The van der Waals surface area contributed by atoms with Crippen LogP contribution in [0.3, 0.4) is 0 Å². The Kier molecular flexibility index (Phi) is 2.28. The molecule has 0 N–H and O–H groups in total. The highest BCUT2D eigenvalue weighted by molar-refractivity contribution is 7.71. The maximum Gasteiger partial charge on any atom is 0.406 e. The minimum absolute atomic E-state index is 0.132. The van der Waals surface area contributed by atoms with E-state index in [4.69, 9.17) is 12.2 Å². The van der Waals surface area contributed by atoms with Crippen molar-refractivity contribution in [3.05, 3.63) is 20.8 Å². The summed E-state index contributed by atoms with van der Waals surface area (Å²) in [5.74, 6) is 0. The zero-order chi connectivity index (χ0) is 8.59. The van der Waals surface area contributed by atoms with Gasteiger partial charge in [0.05, 0.1) is 5.69 Å². The second-order valence-electron chi connectivity index (χ2n) is 2.36. The maximum absolute atomic E-state index is 11.2. The van der Waals surface area contributed by atoms with Crippen LogP contribution >= 0.6 is 12.2 Å². The summed E-state index contributed by atoms with van der Waals surface area (Å²) in [5.41, 5.74) is 0.601. The van der Waals surface area contributed by atoms with Crippen molar-refractivity contribution < 1.29 is 0 Å². The lowest BCUT2D eigenvalue weighted by Crippen LogP contribution is -2.31. The summed E-state index contributed by atoms with van der Waals surface area (Å²) in [6.07, 6.45) is 0. The van der Waals surface area contributed by atoms with E-state index in [9.17, 15) is 4.79 Å². The average Bonchev–Trinajstić information content (AvgIpc) is 1.97. The molecule has 0 aliphatic rings. The van der Waals surface area contributed by atoms with Gasteiger partial charge in [0, 0.05) is 7.05 Å². The third kappa shape index (κ3) is 1.43. The van der Waals surface area contributed by atoms with Gasteiger partial charge in [-0.15, -0.1) is 0 Å². The standard InChI is InChI=1S/C5H7N3OS.Al.2H/c1-3-4(10)8(2)5(9)7-6-3;;;/h1-2H3,(H,7,9,10);;;/q;+1;;/p-1. The number of aryl methyl sites for hydroxylation is 1. The van der Waals surface area contributed by atoms with Crippen molar-refractivity contribution in [3.8, 4) is 0 Å². The van der Waals surface area contributed by atoms with E-state index in [1.807, 2.05) is 0 Å². The molecule has 6 heteroatoms. The van der Waals surface area contributed by atoms with Crippen molar-refractivity contribution in [3.63, 3.8) is 0 Å². The van der Waals surface area contributed by atoms with Crippen LogP contribution < -0.4 is 5.69 Å². The summed E-state index contributed by atoms with van der Waals surface area (Å²) in [6, 6.07) is 0. The molecule has 0 fully saturated rings. The molecule has 0 aliphatic heterocycles. The number of nitrogens with zero attached hydrogens (tertiary/aromatic N) is 3. The van der Waals surface area contributed by atoms with Crippen molar-refractivity contribution in [2.45, 2.75) is 6.92 Å². The lowest BCUT2D eigenvalue weighted by molar-refractivity contribution is 0.693. The van der Waals surface area contributed by atoms with Crippen LogP contribution in [0.5, 0.6) is 0 Å². The van der Waals surface area contributed by atoms with Crippen molar-refractivity contribution in [1.29, 1.82) is 0 Å². The summed E-state index contributed by atoms with van der Waals surface area (Å²) in [7, 11) is 1.66. The van der Waals surface area contributed by atoms with E-state index in [0.29, 0.717) is 21.2 Å². The van der Waals surface area contributed by atoms with E-state index in [1.54, 1.807) is 14.0 Å². The number of hydrogen-bond acceptors (Lipinski definition) is 3. The van der Waals surface area contributed by atoms with Gasteiger partial charge in [0.2, 0.25) is 0 Å².